The van der Waals surface area contributed by atoms with Gasteiger partial charge in [-0.05, 0) is 17.9 Å². The highest BCUT2D eigenvalue weighted by atomic mass is 16.5. The predicted molar refractivity (Wildman–Crippen MR) is 87.8 cm³/mol. The molecule has 1 aliphatic rings. The molecule has 3 rings (SSSR count). The van der Waals surface area contributed by atoms with E-state index in [-0.39, 0.29) is 5.91 Å². The summed E-state index contributed by atoms with van der Waals surface area (Å²) in [6, 6.07) is 10.4. The van der Waals surface area contributed by atoms with E-state index in [4.69, 9.17) is 4.74 Å². The van der Waals surface area contributed by atoms with Gasteiger partial charge in [0.05, 0.1) is 25.2 Å². The Labute approximate surface area is 136 Å². The second kappa shape index (κ2) is 7.42. The van der Waals surface area contributed by atoms with Crippen molar-refractivity contribution < 1.29 is 9.53 Å². The van der Waals surface area contributed by atoms with Crippen molar-refractivity contribution in [2.24, 2.45) is 5.92 Å². The van der Waals surface area contributed by atoms with Crippen molar-refractivity contribution in [2.75, 3.05) is 20.3 Å². The van der Waals surface area contributed by atoms with E-state index in [0.29, 0.717) is 25.5 Å². The number of methoxy groups -OCH3 is 1. The molecule has 0 unspecified atom stereocenters. The van der Waals surface area contributed by atoms with Gasteiger partial charge in [-0.3, -0.25) is 4.79 Å². The van der Waals surface area contributed by atoms with Crippen molar-refractivity contribution in [3.63, 3.8) is 0 Å². The fourth-order valence-electron chi connectivity index (χ4n) is 3.16. The summed E-state index contributed by atoms with van der Waals surface area (Å²) in [6.07, 6.45) is 5.25. The molecular formula is C18H23N3O2. The quantitative estimate of drug-likeness (QED) is 0.786. The van der Waals surface area contributed by atoms with Gasteiger partial charge < -0.3 is 14.2 Å². The van der Waals surface area contributed by atoms with Gasteiger partial charge in [-0.15, -0.1) is 0 Å². The molecule has 5 heteroatoms. The number of carbonyl (C=O) groups excluding carboxylic acids is 1. The molecule has 0 bridgehead atoms. The Morgan fingerprint density at radius 2 is 2.13 bits per heavy atom. The molecule has 23 heavy (non-hydrogen) atoms. The van der Waals surface area contributed by atoms with Crippen LogP contribution in [0, 0.1) is 5.92 Å². The Morgan fingerprint density at radius 3 is 2.91 bits per heavy atom. The molecule has 1 aliphatic heterocycles. The maximum absolute atomic E-state index is 12.3. The van der Waals surface area contributed by atoms with Crippen molar-refractivity contribution in [2.45, 2.75) is 25.9 Å². The topological polar surface area (TPSA) is 47.4 Å². The van der Waals surface area contributed by atoms with E-state index in [2.05, 4.69) is 33.8 Å². The van der Waals surface area contributed by atoms with Crippen LogP contribution in [0.5, 0.6) is 0 Å². The minimum atomic E-state index is 0.241. The summed E-state index contributed by atoms with van der Waals surface area (Å²) in [5, 5.41) is 0. The lowest BCUT2D eigenvalue weighted by Gasteiger charge is -2.18. The fourth-order valence-corrected chi connectivity index (χ4v) is 3.16. The molecule has 5 nitrogen and oxygen atoms in total. The highest BCUT2D eigenvalue weighted by Gasteiger charge is 2.30. The van der Waals surface area contributed by atoms with E-state index < -0.39 is 0 Å². The molecule has 122 valence electrons. The van der Waals surface area contributed by atoms with Crippen LogP contribution in [-0.2, 0) is 29.0 Å². The highest BCUT2D eigenvalue weighted by Crippen LogP contribution is 2.23. The molecular weight excluding hydrogens is 290 g/mol. The second-order valence-corrected chi connectivity index (χ2v) is 6.11. The number of hydrogen-bond acceptors (Lipinski definition) is 3. The lowest BCUT2D eigenvalue weighted by Crippen LogP contribution is -2.26. The van der Waals surface area contributed by atoms with E-state index >= 15 is 0 Å². The van der Waals surface area contributed by atoms with Gasteiger partial charge in [-0.1, -0.05) is 30.3 Å². The highest BCUT2D eigenvalue weighted by molar-refractivity contribution is 5.78. The van der Waals surface area contributed by atoms with Gasteiger partial charge in [0, 0.05) is 32.8 Å². The molecule has 0 saturated carbocycles. The Balaban J connectivity index is 1.59. The maximum Gasteiger partial charge on any atom is 0.223 e. The zero-order valence-corrected chi connectivity index (χ0v) is 13.5. The zero-order chi connectivity index (χ0) is 16.1. The van der Waals surface area contributed by atoms with Crippen LogP contribution in [0.15, 0.2) is 42.9 Å². The van der Waals surface area contributed by atoms with Gasteiger partial charge in [-0.25, -0.2) is 4.98 Å². The van der Waals surface area contributed by atoms with Crippen molar-refractivity contribution in [3.05, 3.63) is 54.1 Å². The number of amides is 1. The first-order valence-corrected chi connectivity index (χ1v) is 8.06. The van der Waals surface area contributed by atoms with E-state index in [1.54, 1.807) is 13.4 Å². The summed E-state index contributed by atoms with van der Waals surface area (Å²) in [6.45, 7) is 2.87. The largest absolute Gasteiger partial charge is 0.383 e. The molecule has 0 radical (unpaired) electrons. The molecule has 1 fully saturated rings. The number of hydrogen-bond donors (Lipinski definition) is 0. The minimum Gasteiger partial charge on any atom is -0.383 e. The smallest absolute Gasteiger partial charge is 0.223 e. The minimum absolute atomic E-state index is 0.241. The monoisotopic (exact) mass is 313 g/mol. The van der Waals surface area contributed by atoms with E-state index in [0.717, 1.165) is 25.2 Å². The predicted octanol–water partition coefficient (Wildman–Crippen LogP) is 2.12. The van der Waals surface area contributed by atoms with Gasteiger partial charge in [0.1, 0.15) is 0 Å². The van der Waals surface area contributed by atoms with Gasteiger partial charge in [0.2, 0.25) is 5.91 Å². The number of nitrogens with zero attached hydrogens (tertiary/aromatic N) is 3. The summed E-state index contributed by atoms with van der Waals surface area (Å²) in [5.74, 6) is 0.644. The van der Waals surface area contributed by atoms with Crippen molar-refractivity contribution in [1.29, 1.82) is 0 Å². The van der Waals surface area contributed by atoms with Crippen LogP contribution in [0.25, 0.3) is 0 Å². The fraction of sp³-hybridized carbons (Fsp3) is 0.444. The number of imidazole rings is 1. The van der Waals surface area contributed by atoms with E-state index in [1.807, 2.05) is 17.2 Å². The number of aromatic nitrogens is 2. The summed E-state index contributed by atoms with van der Waals surface area (Å²) in [4.78, 5) is 18.4. The van der Waals surface area contributed by atoms with Crippen LogP contribution >= 0.6 is 0 Å². The number of rotatable bonds is 7. The molecule has 2 heterocycles. The molecule has 1 saturated heterocycles. The SMILES string of the molecule is COCCn1cncc1CN1C[C@@H](Cc2ccccc2)CC1=O. The average molecular weight is 313 g/mol. The molecule has 0 spiro atoms. The van der Waals surface area contributed by atoms with E-state index in [1.165, 1.54) is 5.56 Å². The first-order valence-electron chi connectivity index (χ1n) is 8.06. The van der Waals surface area contributed by atoms with Crippen LogP contribution < -0.4 is 0 Å². The Hall–Kier alpha value is -2.14. The van der Waals surface area contributed by atoms with Gasteiger partial charge in [0.15, 0.2) is 0 Å². The Morgan fingerprint density at radius 1 is 1.30 bits per heavy atom. The third-order valence-electron chi connectivity index (χ3n) is 4.35. The van der Waals surface area contributed by atoms with Crippen LogP contribution in [-0.4, -0.2) is 40.6 Å². The summed E-state index contributed by atoms with van der Waals surface area (Å²) in [7, 11) is 1.69. The van der Waals surface area contributed by atoms with Gasteiger partial charge in [0.25, 0.3) is 0 Å². The van der Waals surface area contributed by atoms with Crippen molar-refractivity contribution in [3.8, 4) is 0 Å². The molecule has 1 aromatic carbocycles. The average Bonchev–Trinajstić information content (AvgIpc) is 3.13. The van der Waals surface area contributed by atoms with Crippen molar-refractivity contribution >= 4 is 5.91 Å². The maximum atomic E-state index is 12.3. The van der Waals surface area contributed by atoms with Crippen LogP contribution in [0.1, 0.15) is 17.7 Å². The first kappa shape index (κ1) is 15.7. The van der Waals surface area contributed by atoms with Crippen LogP contribution in [0.2, 0.25) is 0 Å². The Kier molecular flexibility index (Phi) is 5.08. The molecule has 0 aliphatic carbocycles. The number of carbonyl (C=O) groups is 1. The third-order valence-corrected chi connectivity index (χ3v) is 4.35. The lowest BCUT2D eigenvalue weighted by atomic mass is 9.99. The second-order valence-electron chi connectivity index (χ2n) is 6.11. The number of likely N-dealkylation sites (tertiary alicyclic amines) is 1. The third kappa shape index (κ3) is 3.99. The molecule has 1 atom stereocenters. The normalized spacial score (nSPS) is 17.9. The molecule has 1 aromatic heterocycles. The number of benzene rings is 1. The molecule has 1 amide bonds. The summed E-state index contributed by atoms with van der Waals surface area (Å²) >= 11 is 0. The van der Waals surface area contributed by atoms with Crippen LogP contribution in [0.4, 0.5) is 0 Å². The summed E-state index contributed by atoms with van der Waals surface area (Å²) in [5.41, 5.74) is 2.37. The van der Waals surface area contributed by atoms with Gasteiger partial charge in [-0.2, -0.15) is 0 Å². The number of ether oxygens (including phenoxy) is 1. The zero-order valence-electron chi connectivity index (χ0n) is 13.5. The molecule has 0 N–H and O–H groups in total. The Bertz CT molecular complexity index is 639. The standard InChI is InChI=1S/C18H23N3O2/c1-23-8-7-20-14-19-11-17(20)13-21-12-16(10-18(21)22)9-15-5-3-2-4-6-15/h2-6,11,14,16H,7-10,12-13H2,1H3/t16-/m0/s1. The lowest BCUT2D eigenvalue weighted by molar-refractivity contribution is -0.128. The van der Waals surface area contributed by atoms with E-state index in [9.17, 15) is 4.79 Å². The molecule has 2 aromatic rings. The first-order chi connectivity index (χ1) is 11.3. The summed E-state index contributed by atoms with van der Waals surface area (Å²) < 4.78 is 7.17. The van der Waals surface area contributed by atoms with Crippen molar-refractivity contribution in [1.82, 2.24) is 14.5 Å². The van der Waals surface area contributed by atoms with Gasteiger partial charge >= 0.3 is 0 Å². The van der Waals surface area contributed by atoms with Crippen LogP contribution in [0.3, 0.4) is 0 Å².